The Morgan fingerprint density at radius 3 is 2.50 bits per heavy atom. The van der Waals surface area contributed by atoms with Gasteiger partial charge in [-0.15, -0.1) is 6.58 Å². The molecule has 0 rings (SSSR count). The van der Waals surface area contributed by atoms with E-state index in [1.807, 2.05) is 0 Å². The van der Waals surface area contributed by atoms with Gasteiger partial charge in [-0.1, -0.05) is 6.08 Å². The summed E-state index contributed by atoms with van der Waals surface area (Å²) in [7, 11) is 0. The number of rotatable bonds is 6. The Balaban J connectivity index is 3.29. The molecule has 0 heterocycles. The molecule has 0 aliphatic heterocycles. The lowest BCUT2D eigenvalue weighted by atomic mass is 10.0. The number of aliphatic hydroxyl groups is 2. The normalized spacial score (nSPS) is 13.0. The highest BCUT2D eigenvalue weighted by Crippen LogP contribution is 2.09. The first-order valence-corrected chi connectivity index (χ1v) is 3.67. The second kappa shape index (κ2) is 6.78. The van der Waals surface area contributed by atoms with Gasteiger partial charge in [-0.05, 0) is 25.2 Å². The van der Waals surface area contributed by atoms with Crippen molar-refractivity contribution in [2.75, 3.05) is 13.2 Å². The Hall–Kier alpha value is -0.340. The third-order valence-electron chi connectivity index (χ3n) is 1.53. The molecule has 0 aromatic carbocycles. The predicted molar refractivity (Wildman–Crippen MR) is 41.7 cm³/mol. The molecule has 0 bridgehead atoms. The molecule has 0 saturated carbocycles. The summed E-state index contributed by atoms with van der Waals surface area (Å²) < 4.78 is 0. The minimum absolute atomic E-state index is 0.200. The van der Waals surface area contributed by atoms with Crippen molar-refractivity contribution in [3.05, 3.63) is 12.7 Å². The van der Waals surface area contributed by atoms with Crippen molar-refractivity contribution in [2.24, 2.45) is 5.92 Å². The molecule has 2 N–H and O–H groups in total. The molecular formula is C8H16O2. The number of allylic oxidation sites excluding steroid dienone is 1. The zero-order valence-corrected chi connectivity index (χ0v) is 6.29. The third-order valence-corrected chi connectivity index (χ3v) is 1.53. The van der Waals surface area contributed by atoms with Crippen LogP contribution in [0.2, 0.25) is 0 Å². The van der Waals surface area contributed by atoms with Crippen LogP contribution in [-0.2, 0) is 0 Å². The lowest BCUT2D eigenvalue weighted by molar-refractivity contribution is 0.202. The van der Waals surface area contributed by atoms with Gasteiger partial charge >= 0.3 is 0 Å². The van der Waals surface area contributed by atoms with Gasteiger partial charge in [-0.25, -0.2) is 0 Å². The van der Waals surface area contributed by atoms with Crippen LogP contribution in [0.1, 0.15) is 19.3 Å². The van der Waals surface area contributed by atoms with Gasteiger partial charge in [-0.2, -0.15) is 0 Å². The maximum absolute atomic E-state index is 8.75. The predicted octanol–water partition coefficient (Wildman–Crippen LogP) is 0.944. The van der Waals surface area contributed by atoms with E-state index in [0.717, 1.165) is 19.3 Å². The van der Waals surface area contributed by atoms with Crippen molar-refractivity contribution in [2.45, 2.75) is 19.3 Å². The summed E-state index contributed by atoms with van der Waals surface area (Å²) in [5.74, 6) is 0.296. The highest BCUT2D eigenvalue weighted by molar-refractivity contribution is 4.72. The fourth-order valence-corrected chi connectivity index (χ4v) is 0.899. The SMILES string of the molecule is C=CCC(CO)CCCO. The minimum Gasteiger partial charge on any atom is -0.396 e. The van der Waals surface area contributed by atoms with Gasteiger partial charge in [0.2, 0.25) is 0 Å². The van der Waals surface area contributed by atoms with E-state index in [4.69, 9.17) is 10.2 Å². The maximum atomic E-state index is 8.75. The first kappa shape index (κ1) is 9.66. The summed E-state index contributed by atoms with van der Waals surface area (Å²) in [5, 5.41) is 17.2. The maximum Gasteiger partial charge on any atom is 0.0462 e. The van der Waals surface area contributed by atoms with Crippen LogP contribution < -0.4 is 0 Å². The molecular weight excluding hydrogens is 128 g/mol. The highest BCUT2D eigenvalue weighted by atomic mass is 16.3. The topological polar surface area (TPSA) is 40.5 Å². The monoisotopic (exact) mass is 144 g/mol. The van der Waals surface area contributed by atoms with E-state index in [1.54, 1.807) is 6.08 Å². The Morgan fingerprint density at radius 1 is 1.40 bits per heavy atom. The Kier molecular flexibility index (Phi) is 6.55. The first-order chi connectivity index (χ1) is 4.85. The van der Waals surface area contributed by atoms with Gasteiger partial charge in [0.15, 0.2) is 0 Å². The molecule has 0 fully saturated rings. The second-order valence-electron chi connectivity index (χ2n) is 2.44. The summed E-state index contributed by atoms with van der Waals surface area (Å²) in [6.45, 7) is 4.00. The highest BCUT2D eigenvalue weighted by Gasteiger charge is 2.03. The van der Waals surface area contributed by atoms with Crippen LogP contribution in [0.15, 0.2) is 12.7 Å². The summed E-state index contributed by atoms with van der Waals surface area (Å²) in [6.07, 6.45) is 4.31. The molecule has 0 aliphatic rings. The minimum atomic E-state index is 0.200. The largest absolute Gasteiger partial charge is 0.396 e. The molecule has 0 amide bonds. The number of hydrogen-bond donors (Lipinski definition) is 2. The summed E-state index contributed by atoms with van der Waals surface area (Å²) in [5.41, 5.74) is 0. The van der Waals surface area contributed by atoms with Crippen molar-refractivity contribution in [3.8, 4) is 0 Å². The molecule has 2 heteroatoms. The molecule has 60 valence electrons. The van der Waals surface area contributed by atoms with Crippen molar-refractivity contribution >= 4 is 0 Å². The van der Waals surface area contributed by atoms with Gasteiger partial charge in [0, 0.05) is 13.2 Å². The van der Waals surface area contributed by atoms with E-state index in [0.29, 0.717) is 5.92 Å². The van der Waals surface area contributed by atoms with Gasteiger partial charge in [0.25, 0.3) is 0 Å². The molecule has 0 aliphatic carbocycles. The number of hydrogen-bond acceptors (Lipinski definition) is 2. The van der Waals surface area contributed by atoms with Crippen LogP contribution in [0.4, 0.5) is 0 Å². The standard InChI is InChI=1S/C8H16O2/c1-2-4-8(7-10)5-3-6-9/h2,8-10H,1,3-7H2. The lowest BCUT2D eigenvalue weighted by Crippen LogP contribution is -2.05. The summed E-state index contributed by atoms with van der Waals surface area (Å²) >= 11 is 0. The molecule has 1 atom stereocenters. The molecule has 0 saturated heterocycles. The van der Waals surface area contributed by atoms with Crippen molar-refractivity contribution in [1.29, 1.82) is 0 Å². The van der Waals surface area contributed by atoms with Gasteiger partial charge in [0.1, 0.15) is 0 Å². The van der Waals surface area contributed by atoms with Crippen molar-refractivity contribution < 1.29 is 10.2 Å². The fourth-order valence-electron chi connectivity index (χ4n) is 0.899. The molecule has 2 nitrogen and oxygen atoms in total. The van der Waals surface area contributed by atoms with Crippen LogP contribution in [-0.4, -0.2) is 23.4 Å². The van der Waals surface area contributed by atoms with Gasteiger partial charge in [-0.3, -0.25) is 0 Å². The Labute approximate surface area is 62.2 Å². The third kappa shape index (κ3) is 4.53. The lowest BCUT2D eigenvalue weighted by Gasteiger charge is -2.09. The Morgan fingerprint density at radius 2 is 2.10 bits per heavy atom. The van der Waals surface area contributed by atoms with Gasteiger partial charge < -0.3 is 10.2 Å². The van der Waals surface area contributed by atoms with Crippen LogP contribution in [0.5, 0.6) is 0 Å². The van der Waals surface area contributed by atoms with Crippen molar-refractivity contribution in [1.82, 2.24) is 0 Å². The van der Waals surface area contributed by atoms with Crippen LogP contribution in [0.25, 0.3) is 0 Å². The first-order valence-electron chi connectivity index (χ1n) is 3.67. The Bertz CT molecular complexity index is 81.3. The van der Waals surface area contributed by atoms with Crippen LogP contribution >= 0.6 is 0 Å². The summed E-state index contributed by atoms with van der Waals surface area (Å²) in [6, 6.07) is 0. The van der Waals surface area contributed by atoms with E-state index in [-0.39, 0.29) is 13.2 Å². The van der Waals surface area contributed by atoms with E-state index in [2.05, 4.69) is 6.58 Å². The fraction of sp³-hybridized carbons (Fsp3) is 0.750. The van der Waals surface area contributed by atoms with E-state index >= 15 is 0 Å². The average molecular weight is 144 g/mol. The smallest absolute Gasteiger partial charge is 0.0462 e. The molecule has 0 aromatic rings. The van der Waals surface area contributed by atoms with E-state index < -0.39 is 0 Å². The average Bonchev–Trinajstić information content (AvgIpc) is 1.98. The number of aliphatic hydroxyl groups excluding tert-OH is 2. The second-order valence-corrected chi connectivity index (χ2v) is 2.44. The van der Waals surface area contributed by atoms with Crippen molar-refractivity contribution in [3.63, 3.8) is 0 Å². The van der Waals surface area contributed by atoms with Crippen LogP contribution in [0, 0.1) is 5.92 Å². The van der Waals surface area contributed by atoms with Gasteiger partial charge in [0.05, 0.1) is 0 Å². The zero-order valence-electron chi connectivity index (χ0n) is 6.29. The molecule has 1 unspecified atom stereocenters. The quantitative estimate of drug-likeness (QED) is 0.545. The molecule has 10 heavy (non-hydrogen) atoms. The van der Waals surface area contributed by atoms with E-state index in [9.17, 15) is 0 Å². The zero-order chi connectivity index (χ0) is 7.82. The van der Waals surface area contributed by atoms with Crippen LogP contribution in [0.3, 0.4) is 0 Å². The molecule has 0 aromatic heterocycles. The molecule has 0 radical (unpaired) electrons. The summed E-state index contributed by atoms with van der Waals surface area (Å²) in [4.78, 5) is 0. The van der Waals surface area contributed by atoms with E-state index in [1.165, 1.54) is 0 Å². The molecule has 0 spiro atoms.